The van der Waals surface area contributed by atoms with Crippen LogP contribution in [-0.4, -0.2) is 37.4 Å². The molecule has 0 radical (unpaired) electrons. The number of esters is 1. The van der Waals surface area contributed by atoms with Crippen molar-refractivity contribution in [3.8, 4) is 0 Å². The zero-order valence-corrected chi connectivity index (χ0v) is 19.1. The average Bonchev–Trinajstić information content (AvgIpc) is 3.05. The Bertz CT molecular complexity index is 1220. The number of benzene rings is 2. The van der Waals surface area contributed by atoms with E-state index in [1.54, 1.807) is 42.5 Å². The quantitative estimate of drug-likeness (QED) is 0.533. The Morgan fingerprint density at radius 3 is 2.43 bits per heavy atom. The number of fused-ring (bicyclic) bond motifs is 1. The third-order valence-electron chi connectivity index (χ3n) is 4.68. The SMILES string of the molecule is COC(=O)[C@@H](Cc1cn(S(=O)(=O)c2ccc(C)cc2)c2ccc(Br)cc12)NC(C)=O. The van der Waals surface area contributed by atoms with Crippen molar-refractivity contribution < 1.29 is 22.7 Å². The summed E-state index contributed by atoms with van der Waals surface area (Å²) in [5.41, 5.74) is 2.01. The third-order valence-corrected chi connectivity index (χ3v) is 6.86. The first kappa shape index (κ1) is 22.0. The van der Waals surface area contributed by atoms with Gasteiger partial charge in [0, 0.05) is 29.4 Å². The number of ether oxygens (including phenoxy) is 1. The number of amides is 1. The lowest BCUT2D eigenvalue weighted by molar-refractivity contribution is -0.144. The van der Waals surface area contributed by atoms with Crippen LogP contribution in [0.4, 0.5) is 0 Å². The lowest BCUT2D eigenvalue weighted by Gasteiger charge is -2.15. The van der Waals surface area contributed by atoms with Crippen molar-refractivity contribution >= 4 is 48.7 Å². The first-order chi connectivity index (χ1) is 14.1. The molecular formula is C21H21BrN2O5S. The molecule has 0 saturated carbocycles. The van der Waals surface area contributed by atoms with Gasteiger partial charge in [-0.15, -0.1) is 0 Å². The molecule has 0 aliphatic rings. The van der Waals surface area contributed by atoms with Crippen molar-refractivity contribution in [3.63, 3.8) is 0 Å². The van der Waals surface area contributed by atoms with E-state index in [1.165, 1.54) is 24.2 Å². The van der Waals surface area contributed by atoms with Gasteiger partial charge in [0.05, 0.1) is 17.5 Å². The smallest absolute Gasteiger partial charge is 0.328 e. The molecule has 0 aliphatic heterocycles. The molecule has 2 aromatic carbocycles. The summed E-state index contributed by atoms with van der Waals surface area (Å²) < 4.78 is 33.4. The Morgan fingerprint density at radius 2 is 1.83 bits per heavy atom. The highest BCUT2D eigenvalue weighted by atomic mass is 79.9. The number of carbonyl (C=O) groups is 2. The maximum Gasteiger partial charge on any atom is 0.328 e. The molecule has 1 amide bonds. The molecule has 0 unspecified atom stereocenters. The van der Waals surface area contributed by atoms with Gasteiger partial charge in [0.15, 0.2) is 0 Å². The molecule has 1 aromatic heterocycles. The van der Waals surface area contributed by atoms with Crippen LogP contribution in [0.2, 0.25) is 0 Å². The Labute approximate surface area is 183 Å². The summed E-state index contributed by atoms with van der Waals surface area (Å²) in [5.74, 6) is -0.995. The number of aromatic nitrogens is 1. The number of carbonyl (C=O) groups excluding carboxylic acids is 2. The van der Waals surface area contributed by atoms with Gasteiger partial charge in [-0.2, -0.15) is 0 Å². The number of aryl methyl sites for hydroxylation is 1. The molecule has 1 heterocycles. The van der Waals surface area contributed by atoms with Crippen molar-refractivity contribution in [1.82, 2.24) is 9.29 Å². The topological polar surface area (TPSA) is 94.5 Å². The van der Waals surface area contributed by atoms with E-state index in [1.807, 2.05) is 6.92 Å². The summed E-state index contributed by atoms with van der Waals surface area (Å²) >= 11 is 3.41. The second kappa shape index (κ2) is 8.61. The molecule has 7 nitrogen and oxygen atoms in total. The largest absolute Gasteiger partial charge is 0.467 e. The van der Waals surface area contributed by atoms with E-state index in [0.717, 1.165) is 10.0 Å². The molecule has 1 N–H and O–H groups in total. The minimum atomic E-state index is -3.86. The summed E-state index contributed by atoms with van der Waals surface area (Å²) in [6.45, 7) is 3.18. The monoisotopic (exact) mass is 492 g/mol. The van der Waals surface area contributed by atoms with E-state index in [0.29, 0.717) is 16.5 Å². The summed E-state index contributed by atoms with van der Waals surface area (Å²) in [5, 5.41) is 3.21. The second-order valence-corrected chi connectivity index (χ2v) is 9.64. The maximum atomic E-state index is 13.3. The van der Waals surface area contributed by atoms with Gasteiger partial charge in [-0.05, 0) is 42.8 Å². The van der Waals surface area contributed by atoms with Gasteiger partial charge in [-0.1, -0.05) is 33.6 Å². The average molecular weight is 493 g/mol. The highest BCUT2D eigenvalue weighted by Crippen LogP contribution is 2.29. The maximum absolute atomic E-state index is 13.3. The van der Waals surface area contributed by atoms with Crippen molar-refractivity contribution in [3.05, 3.63) is 64.3 Å². The number of halogens is 1. The molecule has 3 aromatic rings. The Kier molecular flexibility index (Phi) is 6.33. The Balaban J connectivity index is 2.15. The molecule has 0 aliphatic carbocycles. The summed E-state index contributed by atoms with van der Waals surface area (Å²) in [7, 11) is -2.63. The predicted octanol–water partition coefficient (Wildman–Crippen LogP) is 3.17. The fourth-order valence-corrected chi connectivity index (χ4v) is 4.98. The van der Waals surface area contributed by atoms with Crippen molar-refractivity contribution in [1.29, 1.82) is 0 Å². The zero-order chi connectivity index (χ0) is 22.1. The van der Waals surface area contributed by atoms with Gasteiger partial charge >= 0.3 is 5.97 Å². The van der Waals surface area contributed by atoms with E-state index in [4.69, 9.17) is 4.74 Å². The number of nitrogens with zero attached hydrogens (tertiary/aromatic N) is 1. The van der Waals surface area contributed by atoms with Gasteiger partial charge < -0.3 is 10.1 Å². The molecule has 30 heavy (non-hydrogen) atoms. The first-order valence-corrected chi connectivity index (χ1v) is 11.3. The molecule has 158 valence electrons. The second-order valence-electron chi connectivity index (χ2n) is 6.91. The number of methoxy groups -OCH3 is 1. The fraction of sp³-hybridized carbons (Fsp3) is 0.238. The van der Waals surface area contributed by atoms with Crippen molar-refractivity contribution in [2.75, 3.05) is 7.11 Å². The van der Waals surface area contributed by atoms with Gasteiger partial charge in [-0.3, -0.25) is 4.79 Å². The molecule has 0 bridgehead atoms. The van der Waals surface area contributed by atoms with Crippen LogP contribution in [0, 0.1) is 6.92 Å². The van der Waals surface area contributed by atoms with Gasteiger partial charge in [-0.25, -0.2) is 17.2 Å². The van der Waals surface area contributed by atoms with E-state index in [9.17, 15) is 18.0 Å². The van der Waals surface area contributed by atoms with E-state index in [-0.39, 0.29) is 17.2 Å². The number of hydrogen-bond acceptors (Lipinski definition) is 5. The normalized spacial score (nSPS) is 12.5. The van der Waals surface area contributed by atoms with Crippen LogP contribution >= 0.6 is 15.9 Å². The van der Waals surface area contributed by atoms with Crippen LogP contribution in [-0.2, 0) is 30.8 Å². The number of nitrogens with one attached hydrogen (secondary N) is 1. The number of rotatable bonds is 6. The molecular weight excluding hydrogens is 472 g/mol. The summed E-state index contributed by atoms with van der Waals surface area (Å²) in [4.78, 5) is 23.8. The lowest BCUT2D eigenvalue weighted by Crippen LogP contribution is -2.41. The van der Waals surface area contributed by atoms with Crippen LogP contribution < -0.4 is 5.32 Å². The Morgan fingerprint density at radius 1 is 1.17 bits per heavy atom. The molecule has 0 spiro atoms. The standard InChI is InChI=1S/C21H21BrN2O5S/c1-13-4-7-17(8-5-13)30(27,28)24-12-15(18-11-16(22)6-9-20(18)24)10-19(21(26)29-3)23-14(2)25/h4-9,11-12,19H,10H2,1-3H3,(H,23,25)/t19-/m1/s1. The summed E-state index contributed by atoms with van der Waals surface area (Å²) in [6.07, 6.45) is 1.57. The minimum Gasteiger partial charge on any atom is -0.467 e. The van der Waals surface area contributed by atoms with Crippen LogP contribution in [0.15, 0.2) is 58.0 Å². The zero-order valence-electron chi connectivity index (χ0n) is 16.7. The lowest BCUT2D eigenvalue weighted by atomic mass is 10.0. The Hall–Kier alpha value is -2.65. The minimum absolute atomic E-state index is 0.0790. The van der Waals surface area contributed by atoms with Gasteiger partial charge in [0.1, 0.15) is 6.04 Å². The van der Waals surface area contributed by atoms with Crippen molar-refractivity contribution in [2.45, 2.75) is 31.2 Å². The molecule has 3 rings (SSSR count). The number of hydrogen-bond donors (Lipinski definition) is 1. The van der Waals surface area contributed by atoms with E-state index in [2.05, 4.69) is 21.2 Å². The highest BCUT2D eigenvalue weighted by Gasteiger charge is 2.26. The van der Waals surface area contributed by atoms with Crippen LogP contribution in [0.3, 0.4) is 0 Å². The molecule has 1 atom stereocenters. The van der Waals surface area contributed by atoms with Crippen LogP contribution in [0.25, 0.3) is 10.9 Å². The molecule has 0 saturated heterocycles. The van der Waals surface area contributed by atoms with Crippen LogP contribution in [0.1, 0.15) is 18.1 Å². The van der Waals surface area contributed by atoms with Crippen molar-refractivity contribution in [2.24, 2.45) is 0 Å². The van der Waals surface area contributed by atoms with E-state index < -0.39 is 22.0 Å². The third kappa shape index (κ3) is 4.41. The molecule has 9 heteroatoms. The fourth-order valence-electron chi connectivity index (χ4n) is 3.22. The highest BCUT2D eigenvalue weighted by molar-refractivity contribution is 9.10. The molecule has 0 fully saturated rings. The van der Waals surface area contributed by atoms with Gasteiger partial charge in [0.2, 0.25) is 5.91 Å². The van der Waals surface area contributed by atoms with Gasteiger partial charge in [0.25, 0.3) is 10.0 Å². The van der Waals surface area contributed by atoms with Crippen LogP contribution in [0.5, 0.6) is 0 Å². The first-order valence-electron chi connectivity index (χ1n) is 9.10. The summed E-state index contributed by atoms with van der Waals surface area (Å²) in [6, 6.07) is 10.9. The predicted molar refractivity (Wildman–Crippen MR) is 117 cm³/mol. The van der Waals surface area contributed by atoms with E-state index >= 15 is 0 Å².